The number of halogens is 1. The molecule has 5 N–H and O–H groups in total. The van der Waals surface area contributed by atoms with E-state index in [0.29, 0.717) is 0 Å². The number of hydrogen-bond donors (Lipinski definition) is 3. The molecular formula is C9H12FN3O3S. The molecule has 8 heteroatoms. The summed E-state index contributed by atoms with van der Waals surface area (Å²) in [6.45, 7) is 0.168. The minimum absolute atomic E-state index is 0.0520. The summed E-state index contributed by atoms with van der Waals surface area (Å²) in [4.78, 5) is 10.1. The molecule has 0 aliphatic heterocycles. The molecule has 0 radical (unpaired) electrons. The number of benzene rings is 1. The van der Waals surface area contributed by atoms with Gasteiger partial charge in [0.15, 0.2) is 0 Å². The van der Waals surface area contributed by atoms with Gasteiger partial charge in [-0.1, -0.05) is 0 Å². The van der Waals surface area contributed by atoms with Gasteiger partial charge in [-0.25, -0.2) is 17.9 Å². The van der Waals surface area contributed by atoms with Crippen molar-refractivity contribution in [3.8, 4) is 0 Å². The summed E-state index contributed by atoms with van der Waals surface area (Å²) in [6.07, 6.45) is 0.0520. The van der Waals surface area contributed by atoms with Gasteiger partial charge >= 0.3 is 0 Å². The second-order valence-electron chi connectivity index (χ2n) is 3.33. The molecule has 0 spiro atoms. The third-order valence-corrected chi connectivity index (χ3v) is 2.87. The molecule has 0 heterocycles. The highest BCUT2D eigenvalue weighted by atomic mass is 32.2. The van der Waals surface area contributed by atoms with Gasteiger partial charge in [0.2, 0.25) is 15.9 Å². The maximum absolute atomic E-state index is 13.4. The second kappa shape index (κ2) is 5.11. The monoisotopic (exact) mass is 261 g/mol. The molecule has 1 aromatic carbocycles. The van der Waals surface area contributed by atoms with Crippen LogP contribution in [0.4, 0.5) is 10.1 Å². The lowest BCUT2D eigenvalue weighted by Gasteiger charge is -2.07. The van der Waals surface area contributed by atoms with Gasteiger partial charge in [0, 0.05) is 13.0 Å². The number of carbonyl (C=O) groups excluding carboxylic acids is 1. The number of nitrogens with one attached hydrogen (secondary N) is 1. The number of hydrogen-bond acceptors (Lipinski definition) is 4. The van der Waals surface area contributed by atoms with Crippen LogP contribution in [0.15, 0.2) is 23.1 Å². The minimum atomic E-state index is -3.92. The predicted molar refractivity (Wildman–Crippen MR) is 60.1 cm³/mol. The van der Waals surface area contributed by atoms with Crippen molar-refractivity contribution >= 4 is 21.6 Å². The molecule has 6 nitrogen and oxygen atoms in total. The van der Waals surface area contributed by atoms with Gasteiger partial charge in [0.25, 0.3) is 0 Å². The fourth-order valence-corrected chi connectivity index (χ4v) is 1.66. The largest absolute Gasteiger partial charge is 0.382 e. The van der Waals surface area contributed by atoms with Gasteiger partial charge in [-0.05, 0) is 18.2 Å². The summed E-state index contributed by atoms with van der Waals surface area (Å²) in [6, 6.07) is 3.21. The lowest BCUT2D eigenvalue weighted by Crippen LogP contribution is -2.16. The van der Waals surface area contributed by atoms with Gasteiger partial charge in [-0.3, -0.25) is 4.79 Å². The van der Waals surface area contributed by atoms with E-state index in [0.717, 1.165) is 6.07 Å². The van der Waals surface area contributed by atoms with Crippen LogP contribution in [-0.4, -0.2) is 20.9 Å². The number of nitrogens with two attached hydrogens (primary N) is 2. The van der Waals surface area contributed by atoms with E-state index in [4.69, 9.17) is 10.9 Å². The molecule has 0 atom stereocenters. The fraction of sp³-hybridized carbons (Fsp3) is 0.222. The summed E-state index contributed by atoms with van der Waals surface area (Å²) in [7, 11) is -3.92. The molecule has 0 bridgehead atoms. The van der Waals surface area contributed by atoms with Crippen molar-refractivity contribution in [1.29, 1.82) is 0 Å². The Morgan fingerprint density at radius 1 is 1.41 bits per heavy atom. The van der Waals surface area contributed by atoms with Crippen LogP contribution in [0, 0.1) is 5.82 Å². The Morgan fingerprint density at radius 3 is 2.53 bits per heavy atom. The van der Waals surface area contributed by atoms with Crippen LogP contribution in [0.3, 0.4) is 0 Å². The third-order valence-electron chi connectivity index (χ3n) is 1.96. The zero-order valence-corrected chi connectivity index (χ0v) is 9.63. The van der Waals surface area contributed by atoms with Crippen molar-refractivity contribution in [2.45, 2.75) is 11.3 Å². The first kappa shape index (κ1) is 13.4. The zero-order valence-electron chi connectivity index (χ0n) is 8.81. The average Bonchev–Trinajstić information content (AvgIpc) is 2.18. The Bertz CT molecular complexity index is 530. The Balaban J connectivity index is 2.80. The first-order chi connectivity index (χ1) is 7.80. The van der Waals surface area contributed by atoms with Crippen molar-refractivity contribution in [3.05, 3.63) is 24.0 Å². The summed E-state index contributed by atoms with van der Waals surface area (Å²) >= 11 is 0. The van der Waals surface area contributed by atoms with E-state index in [1.54, 1.807) is 0 Å². The first-order valence-electron chi connectivity index (χ1n) is 4.65. The van der Waals surface area contributed by atoms with Crippen LogP contribution in [0.1, 0.15) is 6.42 Å². The number of primary sulfonamides is 1. The fourth-order valence-electron chi connectivity index (χ4n) is 1.14. The van der Waals surface area contributed by atoms with Crippen LogP contribution < -0.4 is 16.2 Å². The maximum Gasteiger partial charge on any atom is 0.238 e. The number of primary amides is 1. The number of sulfonamides is 1. The second-order valence-corrected chi connectivity index (χ2v) is 4.89. The Hall–Kier alpha value is -1.67. The van der Waals surface area contributed by atoms with E-state index < -0.39 is 21.7 Å². The highest BCUT2D eigenvalue weighted by Gasteiger charge is 2.11. The van der Waals surface area contributed by atoms with Gasteiger partial charge < -0.3 is 11.1 Å². The predicted octanol–water partition coefficient (Wildman–Crippen LogP) is -0.240. The summed E-state index contributed by atoms with van der Waals surface area (Å²) < 4.78 is 35.3. The Labute approximate surface area is 97.8 Å². The summed E-state index contributed by atoms with van der Waals surface area (Å²) in [5.41, 5.74) is 4.99. The van der Waals surface area contributed by atoms with E-state index >= 15 is 0 Å². The van der Waals surface area contributed by atoms with Crippen LogP contribution in [-0.2, 0) is 14.8 Å². The minimum Gasteiger partial charge on any atom is -0.382 e. The first-order valence-corrected chi connectivity index (χ1v) is 6.20. The molecule has 94 valence electrons. The van der Waals surface area contributed by atoms with Crippen molar-refractivity contribution in [2.75, 3.05) is 11.9 Å². The van der Waals surface area contributed by atoms with Crippen molar-refractivity contribution in [1.82, 2.24) is 0 Å². The van der Waals surface area contributed by atoms with Crippen LogP contribution in [0.5, 0.6) is 0 Å². The highest BCUT2D eigenvalue weighted by Crippen LogP contribution is 2.17. The number of rotatable bonds is 5. The average molecular weight is 261 g/mol. The van der Waals surface area contributed by atoms with Crippen molar-refractivity contribution in [2.24, 2.45) is 10.9 Å². The Morgan fingerprint density at radius 2 is 2.06 bits per heavy atom. The molecule has 0 unspecified atom stereocenters. The van der Waals surface area contributed by atoms with Crippen molar-refractivity contribution in [3.63, 3.8) is 0 Å². The third kappa shape index (κ3) is 4.00. The molecule has 0 saturated heterocycles. The van der Waals surface area contributed by atoms with Crippen LogP contribution in [0.25, 0.3) is 0 Å². The molecule has 1 amide bonds. The normalized spacial score (nSPS) is 11.2. The molecule has 0 fully saturated rings. The van der Waals surface area contributed by atoms with E-state index in [2.05, 4.69) is 5.32 Å². The molecule has 0 aromatic heterocycles. The SMILES string of the molecule is NC(=O)CCNc1ccc(S(N)(=O)=O)cc1F. The van der Waals surface area contributed by atoms with Gasteiger partial charge in [0.05, 0.1) is 10.6 Å². The summed E-state index contributed by atoms with van der Waals surface area (Å²) in [5.74, 6) is -1.28. The maximum atomic E-state index is 13.4. The molecule has 0 aliphatic rings. The molecule has 0 aliphatic carbocycles. The standard InChI is InChI=1S/C9H12FN3O3S/c10-7-5-6(17(12,15)16)1-2-8(7)13-4-3-9(11)14/h1-2,5,13H,3-4H2,(H2,11,14)(H2,12,15,16). The summed E-state index contributed by atoms with van der Waals surface area (Å²) in [5, 5.41) is 7.45. The van der Waals surface area contributed by atoms with Gasteiger partial charge in [-0.2, -0.15) is 0 Å². The topological polar surface area (TPSA) is 115 Å². The van der Waals surface area contributed by atoms with E-state index in [1.165, 1.54) is 12.1 Å². The molecule has 1 rings (SSSR count). The smallest absolute Gasteiger partial charge is 0.238 e. The number of amides is 1. The number of anilines is 1. The Kier molecular flexibility index (Phi) is 4.02. The van der Waals surface area contributed by atoms with Crippen LogP contribution in [0.2, 0.25) is 0 Å². The van der Waals surface area contributed by atoms with Crippen LogP contribution >= 0.6 is 0 Å². The van der Waals surface area contributed by atoms with Gasteiger partial charge in [0.1, 0.15) is 5.82 Å². The van der Waals surface area contributed by atoms with E-state index in [1.807, 2.05) is 0 Å². The van der Waals surface area contributed by atoms with E-state index in [9.17, 15) is 17.6 Å². The van der Waals surface area contributed by atoms with Gasteiger partial charge in [-0.15, -0.1) is 0 Å². The molecule has 17 heavy (non-hydrogen) atoms. The molecule has 1 aromatic rings. The molecule has 0 saturated carbocycles. The lowest BCUT2D eigenvalue weighted by molar-refractivity contribution is -0.117. The number of carbonyl (C=O) groups is 1. The van der Waals surface area contributed by atoms with E-state index in [-0.39, 0.29) is 23.5 Å². The highest BCUT2D eigenvalue weighted by molar-refractivity contribution is 7.89. The van der Waals surface area contributed by atoms with Crippen molar-refractivity contribution < 1.29 is 17.6 Å². The molecular weight excluding hydrogens is 249 g/mol. The lowest BCUT2D eigenvalue weighted by atomic mass is 10.3. The zero-order chi connectivity index (χ0) is 13.1. The quantitative estimate of drug-likeness (QED) is 0.678.